The molecule has 2 amide bonds. The van der Waals surface area contributed by atoms with Gasteiger partial charge < -0.3 is 20.7 Å². The molecule has 0 heterocycles. The number of benzene rings is 1. The third-order valence-corrected chi connectivity index (χ3v) is 3.22. The summed E-state index contributed by atoms with van der Waals surface area (Å²) in [6.07, 6.45) is 0.963. The van der Waals surface area contributed by atoms with Gasteiger partial charge in [0.05, 0.1) is 13.2 Å². The fourth-order valence-corrected chi connectivity index (χ4v) is 1.72. The molecular formula is C16H25N3O3. The standard InChI is InChI=1S/C16H25N3O3/c1-4-12(2)18-11-15(20)19-14-7-5-6-13(10-14)16(21)17-8-9-22-3/h5-7,10,12,18H,4,8-9,11H2,1-3H3,(H,17,21)(H,19,20). The first-order valence-electron chi connectivity index (χ1n) is 7.47. The number of carbonyl (C=O) groups is 2. The maximum atomic E-state index is 11.9. The smallest absolute Gasteiger partial charge is 0.251 e. The molecule has 0 aliphatic heterocycles. The van der Waals surface area contributed by atoms with E-state index < -0.39 is 0 Å². The van der Waals surface area contributed by atoms with Crippen LogP contribution in [0.1, 0.15) is 30.6 Å². The lowest BCUT2D eigenvalue weighted by molar-refractivity contribution is -0.115. The lowest BCUT2D eigenvalue weighted by Crippen LogP contribution is -2.34. The Morgan fingerprint density at radius 2 is 2.09 bits per heavy atom. The molecule has 6 nitrogen and oxygen atoms in total. The van der Waals surface area contributed by atoms with Crippen LogP contribution >= 0.6 is 0 Å². The summed E-state index contributed by atoms with van der Waals surface area (Å²) >= 11 is 0. The minimum atomic E-state index is -0.189. The number of methoxy groups -OCH3 is 1. The molecule has 0 aliphatic rings. The van der Waals surface area contributed by atoms with Crippen LogP contribution in [0.25, 0.3) is 0 Å². The van der Waals surface area contributed by atoms with Crippen molar-refractivity contribution in [2.45, 2.75) is 26.3 Å². The first kappa shape index (κ1) is 18.1. The van der Waals surface area contributed by atoms with Gasteiger partial charge in [-0.1, -0.05) is 13.0 Å². The van der Waals surface area contributed by atoms with E-state index in [4.69, 9.17) is 4.74 Å². The van der Waals surface area contributed by atoms with Gasteiger partial charge in [0, 0.05) is 30.9 Å². The van der Waals surface area contributed by atoms with Crippen molar-refractivity contribution in [2.75, 3.05) is 32.1 Å². The van der Waals surface area contributed by atoms with Gasteiger partial charge in [-0.2, -0.15) is 0 Å². The van der Waals surface area contributed by atoms with Crippen molar-refractivity contribution in [2.24, 2.45) is 0 Å². The summed E-state index contributed by atoms with van der Waals surface area (Å²) in [6.45, 7) is 5.24. The number of hydrogen-bond acceptors (Lipinski definition) is 4. The fraction of sp³-hybridized carbons (Fsp3) is 0.500. The molecule has 0 saturated carbocycles. The predicted molar refractivity (Wildman–Crippen MR) is 87.0 cm³/mol. The third-order valence-electron chi connectivity index (χ3n) is 3.22. The Bertz CT molecular complexity index is 491. The Hall–Kier alpha value is -1.92. The van der Waals surface area contributed by atoms with Gasteiger partial charge in [-0.3, -0.25) is 9.59 Å². The number of rotatable bonds is 9. The Kier molecular flexibility index (Phi) is 8.17. The number of ether oxygens (including phenoxy) is 1. The van der Waals surface area contributed by atoms with E-state index in [-0.39, 0.29) is 18.4 Å². The molecule has 0 aromatic heterocycles. The molecule has 1 rings (SSSR count). The molecule has 1 aromatic carbocycles. The van der Waals surface area contributed by atoms with E-state index in [1.54, 1.807) is 31.4 Å². The molecule has 22 heavy (non-hydrogen) atoms. The molecule has 6 heteroatoms. The minimum absolute atomic E-state index is 0.128. The van der Waals surface area contributed by atoms with Crippen LogP contribution in [0.15, 0.2) is 24.3 Å². The molecule has 3 N–H and O–H groups in total. The molecule has 1 aromatic rings. The van der Waals surface area contributed by atoms with Crippen molar-refractivity contribution in [1.82, 2.24) is 10.6 Å². The van der Waals surface area contributed by atoms with Gasteiger partial charge in [0.1, 0.15) is 0 Å². The lowest BCUT2D eigenvalue weighted by Gasteiger charge is -2.12. The van der Waals surface area contributed by atoms with Gasteiger partial charge >= 0.3 is 0 Å². The topological polar surface area (TPSA) is 79.5 Å². The number of hydrogen-bond donors (Lipinski definition) is 3. The maximum Gasteiger partial charge on any atom is 0.251 e. The van der Waals surface area contributed by atoms with E-state index in [2.05, 4.69) is 22.9 Å². The summed E-state index contributed by atoms with van der Waals surface area (Å²) in [4.78, 5) is 23.8. The van der Waals surface area contributed by atoms with Crippen molar-refractivity contribution >= 4 is 17.5 Å². The van der Waals surface area contributed by atoms with Crippen LogP contribution in [-0.2, 0) is 9.53 Å². The van der Waals surface area contributed by atoms with Gasteiger partial charge in [0.25, 0.3) is 5.91 Å². The fourth-order valence-electron chi connectivity index (χ4n) is 1.72. The lowest BCUT2D eigenvalue weighted by atomic mass is 10.2. The number of carbonyl (C=O) groups excluding carboxylic acids is 2. The SMILES string of the molecule is CCC(C)NCC(=O)Nc1cccc(C(=O)NCCOC)c1. The molecule has 0 saturated heterocycles. The maximum absolute atomic E-state index is 11.9. The summed E-state index contributed by atoms with van der Waals surface area (Å²) in [5, 5.41) is 8.64. The van der Waals surface area contributed by atoms with Gasteiger partial charge in [-0.15, -0.1) is 0 Å². The highest BCUT2D eigenvalue weighted by Crippen LogP contribution is 2.10. The highest BCUT2D eigenvalue weighted by Gasteiger charge is 2.08. The monoisotopic (exact) mass is 307 g/mol. The second kappa shape index (κ2) is 9.92. The molecule has 0 aliphatic carbocycles. The molecule has 0 spiro atoms. The Morgan fingerprint density at radius 1 is 1.32 bits per heavy atom. The van der Waals surface area contributed by atoms with Crippen molar-refractivity contribution in [3.8, 4) is 0 Å². The zero-order chi connectivity index (χ0) is 16.4. The van der Waals surface area contributed by atoms with Crippen molar-refractivity contribution in [1.29, 1.82) is 0 Å². The molecule has 1 atom stereocenters. The van der Waals surface area contributed by atoms with E-state index in [0.717, 1.165) is 6.42 Å². The molecule has 0 fully saturated rings. The van der Waals surface area contributed by atoms with Gasteiger partial charge in [0.15, 0.2) is 0 Å². The van der Waals surface area contributed by atoms with Gasteiger partial charge in [-0.25, -0.2) is 0 Å². The van der Waals surface area contributed by atoms with Crippen molar-refractivity contribution in [3.63, 3.8) is 0 Å². The van der Waals surface area contributed by atoms with Crippen LogP contribution in [0.4, 0.5) is 5.69 Å². The summed E-state index contributed by atoms with van der Waals surface area (Å²) in [6, 6.07) is 7.15. The van der Waals surface area contributed by atoms with Crippen LogP contribution < -0.4 is 16.0 Å². The second-order valence-electron chi connectivity index (χ2n) is 5.07. The van der Waals surface area contributed by atoms with Crippen molar-refractivity contribution in [3.05, 3.63) is 29.8 Å². The normalized spacial score (nSPS) is 11.8. The van der Waals surface area contributed by atoms with Crippen LogP contribution in [0, 0.1) is 0 Å². The molecular weight excluding hydrogens is 282 g/mol. The summed E-state index contributed by atoms with van der Waals surface area (Å²) in [5.41, 5.74) is 1.11. The quantitative estimate of drug-likeness (QED) is 0.602. The average molecular weight is 307 g/mol. The van der Waals surface area contributed by atoms with E-state index in [1.807, 2.05) is 6.92 Å². The number of anilines is 1. The van der Waals surface area contributed by atoms with E-state index in [1.165, 1.54) is 0 Å². The van der Waals surface area contributed by atoms with Crippen LogP contribution in [0.2, 0.25) is 0 Å². The average Bonchev–Trinajstić information content (AvgIpc) is 2.53. The first-order chi connectivity index (χ1) is 10.6. The van der Waals surface area contributed by atoms with Crippen LogP contribution in [-0.4, -0.2) is 44.7 Å². The summed E-state index contributed by atoms with van der Waals surface area (Å²) < 4.78 is 4.88. The summed E-state index contributed by atoms with van der Waals surface area (Å²) in [7, 11) is 1.58. The van der Waals surface area contributed by atoms with Crippen LogP contribution in [0.5, 0.6) is 0 Å². The molecule has 1 unspecified atom stereocenters. The van der Waals surface area contributed by atoms with Crippen LogP contribution in [0.3, 0.4) is 0 Å². The van der Waals surface area contributed by atoms with E-state index in [0.29, 0.717) is 30.4 Å². The molecule has 0 bridgehead atoms. The zero-order valence-corrected chi connectivity index (χ0v) is 13.4. The Morgan fingerprint density at radius 3 is 2.77 bits per heavy atom. The van der Waals surface area contributed by atoms with Crippen molar-refractivity contribution < 1.29 is 14.3 Å². The Balaban J connectivity index is 2.53. The number of nitrogens with one attached hydrogen (secondary N) is 3. The predicted octanol–water partition coefficient (Wildman–Crippen LogP) is 1.39. The third kappa shape index (κ3) is 6.69. The van der Waals surface area contributed by atoms with E-state index in [9.17, 15) is 9.59 Å². The van der Waals surface area contributed by atoms with Gasteiger partial charge in [0.2, 0.25) is 5.91 Å². The highest BCUT2D eigenvalue weighted by atomic mass is 16.5. The van der Waals surface area contributed by atoms with E-state index >= 15 is 0 Å². The highest BCUT2D eigenvalue weighted by molar-refractivity contribution is 5.97. The Labute approximate surface area is 131 Å². The summed E-state index contributed by atoms with van der Waals surface area (Å²) in [5.74, 6) is -0.317. The van der Waals surface area contributed by atoms with Gasteiger partial charge in [-0.05, 0) is 31.5 Å². The number of amides is 2. The molecule has 0 radical (unpaired) electrons. The zero-order valence-electron chi connectivity index (χ0n) is 13.4. The molecule has 122 valence electrons. The largest absolute Gasteiger partial charge is 0.383 e. The first-order valence-corrected chi connectivity index (χ1v) is 7.47. The second-order valence-corrected chi connectivity index (χ2v) is 5.07. The minimum Gasteiger partial charge on any atom is -0.383 e.